The van der Waals surface area contributed by atoms with Crippen LogP contribution in [0.25, 0.3) is 0 Å². The molecule has 8 heteroatoms. The van der Waals surface area contributed by atoms with Gasteiger partial charge < -0.3 is 10.9 Å². The zero-order valence-electron chi connectivity index (χ0n) is 8.46. The molecular formula is C9H8ClN5OS. The molecule has 0 aliphatic rings. The van der Waals surface area contributed by atoms with E-state index in [0.717, 1.165) is 4.90 Å². The quantitative estimate of drug-likeness (QED) is 0.341. The van der Waals surface area contributed by atoms with E-state index in [0.29, 0.717) is 15.7 Å². The Hall–Kier alpha value is -1.73. The summed E-state index contributed by atoms with van der Waals surface area (Å²) in [7, 11) is 0. The van der Waals surface area contributed by atoms with Crippen molar-refractivity contribution in [1.82, 2.24) is 15.2 Å². The molecule has 0 aliphatic heterocycles. The molecule has 1 aromatic carbocycles. The molecule has 2 aromatic rings. The van der Waals surface area contributed by atoms with E-state index in [2.05, 4.69) is 20.3 Å². The second kappa shape index (κ2) is 5.07. The number of aromatic nitrogens is 3. The first-order valence-corrected chi connectivity index (χ1v) is 5.71. The standard InChI is InChI=1S/C9H8ClN5OS/c10-5-1-2-6(8(11)15-16)7(3-5)17-9-12-4-13-14-9/h1-4,16H,(H2,11,15)(H,12,13,14). The highest BCUT2D eigenvalue weighted by Gasteiger charge is 2.10. The van der Waals surface area contributed by atoms with Crippen molar-refractivity contribution in [3.63, 3.8) is 0 Å². The molecule has 0 aliphatic carbocycles. The Kier molecular flexibility index (Phi) is 3.50. The minimum atomic E-state index is 0.0173. The second-order valence-electron chi connectivity index (χ2n) is 3.02. The van der Waals surface area contributed by atoms with Crippen LogP contribution in [0.15, 0.2) is 39.7 Å². The normalized spacial score (nSPS) is 11.7. The Balaban J connectivity index is 2.40. The van der Waals surface area contributed by atoms with Crippen LogP contribution >= 0.6 is 23.4 Å². The third kappa shape index (κ3) is 2.69. The number of aromatic amines is 1. The monoisotopic (exact) mass is 269 g/mol. The number of nitrogens with zero attached hydrogens (tertiary/aromatic N) is 3. The maximum absolute atomic E-state index is 8.69. The van der Waals surface area contributed by atoms with Crippen LogP contribution in [0, 0.1) is 0 Å². The smallest absolute Gasteiger partial charge is 0.188 e. The Bertz CT molecular complexity index is 542. The second-order valence-corrected chi connectivity index (χ2v) is 4.49. The van der Waals surface area contributed by atoms with E-state index in [1.54, 1.807) is 18.2 Å². The van der Waals surface area contributed by atoms with Crippen LogP contribution in [0.1, 0.15) is 5.56 Å². The first-order valence-electron chi connectivity index (χ1n) is 4.51. The summed E-state index contributed by atoms with van der Waals surface area (Å²) >= 11 is 7.20. The van der Waals surface area contributed by atoms with Crippen molar-refractivity contribution in [1.29, 1.82) is 0 Å². The van der Waals surface area contributed by atoms with Gasteiger partial charge >= 0.3 is 0 Å². The highest BCUT2D eigenvalue weighted by molar-refractivity contribution is 7.99. The summed E-state index contributed by atoms with van der Waals surface area (Å²) < 4.78 is 0. The molecule has 6 nitrogen and oxygen atoms in total. The van der Waals surface area contributed by atoms with Gasteiger partial charge in [-0.2, -0.15) is 5.10 Å². The number of hydrogen-bond donors (Lipinski definition) is 3. The van der Waals surface area contributed by atoms with Crippen molar-refractivity contribution >= 4 is 29.2 Å². The molecule has 0 saturated heterocycles. The fraction of sp³-hybridized carbons (Fsp3) is 0. The highest BCUT2D eigenvalue weighted by Crippen LogP contribution is 2.30. The number of halogens is 1. The van der Waals surface area contributed by atoms with Crippen LogP contribution < -0.4 is 5.73 Å². The van der Waals surface area contributed by atoms with E-state index in [-0.39, 0.29) is 5.84 Å². The average Bonchev–Trinajstić information content (AvgIpc) is 2.81. The number of oxime groups is 1. The molecule has 0 radical (unpaired) electrons. The zero-order chi connectivity index (χ0) is 12.3. The van der Waals surface area contributed by atoms with Crippen LogP contribution in [0.2, 0.25) is 5.02 Å². The maximum atomic E-state index is 8.69. The Labute approximate surface area is 106 Å². The zero-order valence-corrected chi connectivity index (χ0v) is 10.0. The molecule has 0 saturated carbocycles. The summed E-state index contributed by atoms with van der Waals surface area (Å²) in [6.07, 6.45) is 1.40. The van der Waals surface area contributed by atoms with Gasteiger partial charge in [-0.3, -0.25) is 5.10 Å². The highest BCUT2D eigenvalue weighted by atomic mass is 35.5. The number of nitrogens with two attached hydrogens (primary N) is 1. The van der Waals surface area contributed by atoms with Crippen molar-refractivity contribution in [3.05, 3.63) is 35.1 Å². The lowest BCUT2D eigenvalue weighted by Gasteiger charge is -2.06. The van der Waals surface area contributed by atoms with Crippen molar-refractivity contribution in [2.24, 2.45) is 10.9 Å². The predicted octanol–water partition coefficient (Wildman–Crippen LogP) is 1.70. The summed E-state index contributed by atoms with van der Waals surface area (Å²) in [6, 6.07) is 5.05. The molecule has 0 atom stereocenters. The first kappa shape index (κ1) is 11.7. The van der Waals surface area contributed by atoms with E-state index in [1.807, 2.05) is 0 Å². The van der Waals surface area contributed by atoms with Gasteiger partial charge in [-0.25, -0.2) is 4.98 Å². The van der Waals surface area contributed by atoms with Crippen molar-refractivity contribution < 1.29 is 5.21 Å². The van der Waals surface area contributed by atoms with Gasteiger partial charge in [-0.15, -0.1) is 0 Å². The Morgan fingerprint density at radius 1 is 1.53 bits per heavy atom. The number of benzene rings is 1. The van der Waals surface area contributed by atoms with Crippen LogP contribution in [0.4, 0.5) is 0 Å². The average molecular weight is 270 g/mol. The van der Waals surface area contributed by atoms with Crippen LogP contribution in [-0.4, -0.2) is 26.2 Å². The van der Waals surface area contributed by atoms with Crippen molar-refractivity contribution in [2.45, 2.75) is 10.1 Å². The molecule has 4 N–H and O–H groups in total. The number of amidine groups is 1. The largest absolute Gasteiger partial charge is 0.409 e. The van der Waals surface area contributed by atoms with Gasteiger partial charge in [0.2, 0.25) is 0 Å². The van der Waals surface area contributed by atoms with Crippen LogP contribution in [0.3, 0.4) is 0 Å². The Morgan fingerprint density at radius 3 is 3.00 bits per heavy atom. The van der Waals surface area contributed by atoms with Gasteiger partial charge in [-0.1, -0.05) is 16.8 Å². The summed E-state index contributed by atoms with van der Waals surface area (Å²) in [5.41, 5.74) is 6.15. The maximum Gasteiger partial charge on any atom is 0.188 e. The van der Waals surface area contributed by atoms with Gasteiger partial charge in [0.1, 0.15) is 6.33 Å². The van der Waals surface area contributed by atoms with Crippen LogP contribution in [-0.2, 0) is 0 Å². The minimum Gasteiger partial charge on any atom is -0.409 e. The number of rotatable bonds is 3. The minimum absolute atomic E-state index is 0.0173. The fourth-order valence-electron chi connectivity index (χ4n) is 1.19. The van der Waals surface area contributed by atoms with Crippen molar-refractivity contribution in [2.75, 3.05) is 0 Å². The van der Waals surface area contributed by atoms with Gasteiger partial charge in [-0.05, 0) is 30.0 Å². The predicted molar refractivity (Wildman–Crippen MR) is 64.5 cm³/mol. The lowest BCUT2D eigenvalue weighted by atomic mass is 10.2. The molecule has 1 heterocycles. The molecule has 0 unspecified atom stereocenters. The third-order valence-electron chi connectivity index (χ3n) is 1.93. The summed E-state index contributed by atoms with van der Waals surface area (Å²) in [6.45, 7) is 0. The topological polar surface area (TPSA) is 100 Å². The van der Waals surface area contributed by atoms with Gasteiger partial charge in [0, 0.05) is 15.5 Å². The SMILES string of the molecule is NC(=NO)c1ccc(Cl)cc1Sc1ncn[nH]1. The van der Waals surface area contributed by atoms with E-state index in [1.165, 1.54) is 18.1 Å². The lowest BCUT2D eigenvalue weighted by Crippen LogP contribution is -2.14. The van der Waals surface area contributed by atoms with E-state index < -0.39 is 0 Å². The van der Waals surface area contributed by atoms with Crippen molar-refractivity contribution in [3.8, 4) is 0 Å². The van der Waals surface area contributed by atoms with Gasteiger partial charge in [0.05, 0.1) is 0 Å². The molecule has 0 spiro atoms. The first-order chi connectivity index (χ1) is 8.20. The molecule has 0 bridgehead atoms. The fourth-order valence-corrected chi connectivity index (χ4v) is 2.31. The van der Waals surface area contributed by atoms with E-state index in [4.69, 9.17) is 22.5 Å². The molecule has 17 heavy (non-hydrogen) atoms. The van der Waals surface area contributed by atoms with E-state index >= 15 is 0 Å². The molecule has 1 aromatic heterocycles. The lowest BCUT2D eigenvalue weighted by molar-refractivity contribution is 0.318. The number of H-pyrrole nitrogens is 1. The number of nitrogens with one attached hydrogen (secondary N) is 1. The number of hydrogen-bond acceptors (Lipinski definition) is 5. The van der Waals surface area contributed by atoms with E-state index in [9.17, 15) is 0 Å². The molecule has 0 fully saturated rings. The molecule has 88 valence electrons. The Morgan fingerprint density at radius 2 is 2.35 bits per heavy atom. The molecular weight excluding hydrogens is 262 g/mol. The van der Waals surface area contributed by atoms with Gasteiger partial charge in [0.25, 0.3) is 0 Å². The van der Waals surface area contributed by atoms with Gasteiger partial charge in [0.15, 0.2) is 11.0 Å². The molecule has 2 rings (SSSR count). The third-order valence-corrected chi connectivity index (χ3v) is 3.11. The van der Waals surface area contributed by atoms with Crippen LogP contribution in [0.5, 0.6) is 0 Å². The summed E-state index contributed by atoms with van der Waals surface area (Å²) in [5.74, 6) is 0.0173. The summed E-state index contributed by atoms with van der Waals surface area (Å²) in [4.78, 5) is 4.70. The molecule has 0 amide bonds. The summed E-state index contributed by atoms with van der Waals surface area (Å²) in [5, 5.41) is 19.3.